The number of benzene rings is 1. The summed E-state index contributed by atoms with van der Waals surface area (Å²) >= 11 is 1.53. The van der Waals surface area contributed by atoms with E-state index in [1.807, 2.05) is 24.4 Å². The second-order valence-corrected chi connectivity index (χ2v) is 4.60. The molecular formula is C12H13FN2OS. The molecule has 2 rings (SSSR count). The zero-order valence-electron chi connectivity index (χ0n) is 9.90. The van der Waals surface area contributed by atoms with Gasteiger partial charge in [0.25, 0.3) is 0 Å². The van der Waals surface area contributed by atoms with Crippen molar-refractivity contribution in [3.63, 3.8) is 0 Å². The second-order valence-electron chi connectivity index (χ2n) is 3.76. The number of ether oxygens (including phenoxy) is 1. The van der Waals surface area contributed by atoms with Gasteiger partial charge in [0, 0.05) is 25.0 Å². The molecule has 0 fully saturated rings. The van der Waals surface area contributed by atoms with Crippen LogP contribution >= 0.6 is 11.3 Å². The van der Waals surface area contributed by atoms with Crippen LogP contribution in [-0.2, 0) is 0 Å². The molecule has 0 radical (unpaired) electrons. The molecule has 3 nitrogen and oxygen atoms in total. The van der Waals surface area contributed by atoms with Crippen molar-refractivity contribution < 1.29 is 9.13 Å². The Morgan fingerprint density at radius 2 is 2.12 bits per heavy atom. The summed E-state index contributed by atoms with van der Waals surface area (Å²) in [6.07, 6.45) is 0. The van der Waals surface area contributed by atoms with Gasteiger partial charge in [-0.05, 0) is 18.2 Å². The van der Waals surface area contributed by atoms with Crippen molar-refractivity contribution in [1.29, 1.82) is 0 Å². The molecule has 17 heavy (non-hydrogen) atoms. The number of anilines is 1. The van der Waals surface area contributed by atoms with Crippen LogP contribution < -0.4 is 9.64 Å². The molecule has 0 amide bonds. The Bertz CT molecular complexity index is 525. The van der Waals surface area contributed by atoms with E-state index in [2.05, 4.69) is 4.98 Å². The van der Waals surface area contributed by atoms with Crippen LogP contribution in [0.2, 0.25) is 0 Å². The van der Waals surface area contributed by atoms with Gasteiger partial charge in [0.2, 0.25) is 0 Å². The van der Waals surface area contributed by atoms with Crippen LogP contribution in [0.1, 0.15) is 0 Å². The molecule has 1 aromatic heterocycles. The third kappa shape index (κ3) is 2.39. The van der Waals surface area contributed by atoms with Crippen LogP contribution in [0.4, 0.5) is 9.52 Å². The van der Waals surface area contributed by atoms with Crippen LogP contribution in [0.25, 0.3) is 11.3 Å². The van der Waals surface area contributed by atoms with E-state index in [9.17, 15) is 4.39 Å². The number of thiazole rings is 1. The van der Waals surface area contributed by atoms with Gasteiger partial charge in [-0.3, -0.25) is 0 Å². The molecule has 0 aliphatic rings. The summed E-state index contributed by atoms with van der Waals surface area (Å²) in [6, 6.07) is 4.85. The molecule has 0 bridgehead atoms. The maximum Gasteiger partial charge on any atom is 0.185 e. The van der Waals surface area contributed by atoms with Crippen molar-refractivity contribution >= 4 is 16.5 Å². The van der Waals surface area contributed by atoms with Crippen molar-refractivity contribution in [2.45, 2.75) is 0 Å². The maximum absolute atomic E-state index is 13.5. The topological polar surface area (TPSA) is 25.4 Å². The van der Waals surface area contributed by atoms with Crippen LogP contribution in [0.15, 0.2) is 23.6 Å². The fourth-order valence-electron chi connectivity index (χ4n) is 1.43. The predicted octanol–water partition coefficient (Wildman–Crippen LogP) is 3.02. The smallest absolute Gasteiger partial charge is 0.185 e. The van der Waals surface area contributed by atoms with E-state index >= 15 is 0 Å². The van der Waals surface area contributed by atoms with Crippen molar-refractivity contribution in [1.82, 2.24) is 4.98 Å². The Balaban J connectivity index is 2.36. The highest BCUT2D eigenvalue weighted by molar-refractivity contribution is 7.14. The van der Waals surface area contributed by atoms with Crippen molar-refractivity contribution in [2.75, 3.05) is 26.1 Å². The number of methoxy groups -OCH3 is 1. The number of halogens is 1. The summed E-state index contributed by atoms with van der Waals surface area (Å²) in [5.74, 6) is -0.124. The molecule has 2 aromatic rings. The van der Waals surface area contributed by atoms with Gasteiger partial charge in [-0.1, -0.05) is 0 Å². The average molecular weight is 252 g/mol. The molecule has 0 saturated carbocycles. The van der Waals surface area contributed by atoms with Crippen molar-refractivity contribution in [2.24, 2.45) is 0 Å². The minimum absolute atomic E-state index is 0.247. The van der Waals surface area contributed by atoms with Crippen LogP contribution in [-0.4, -0.2) is 26.2 Å². The number of aromatic nitrogens is 1. The Labute approximate surface area is 103 Å². The first-order valence-corrected chi connectivity index (χ1v) is 5.96. The highest BCUT2D eigenvalue weighted by Gasteiger charge is 2.09. The minimum atomic E-state index is -0.371. The number of nitrogens with zero attached hydrogens (tertiary/aromatic N) is 2. The first kappa shape index (κ1) is 11.9. The van der Waals surface area contributed by atoms with Gasteiger partial charge >= 0.3 is 0 Å². The fraction of sp³-hybridized carbons (Fsp3) is 0.250. The van der Waals surface area contributed by atoms with Crippen molar-refractivity contribution in [3.05, 3.63) is 29.4 Å². The largest absolute Gasteiger partial charge is 0.494 e. The first-order valence-electron chi connectivity index (χ1n) is 5.08. The molecule has 1 heterocycles. The number of hydrogen-bond donors (Lipinski definition) is 0. The second kappa shape index (κ2) is 4.71. The lowest BCUT2D eigenvalue weighted by Crippen LogP contribution is -2.07. The van der Waals surface area contributed by atoms with E-state index in [0.717, 1.165) is 16.4 Å². The molecule has 0 N–H and O–H groups in total. The molecule has 90 valence electrons. The maximum atomic E-state index is 13.5. The Kier molecular flexibility index (Phi) is 3.28. The van der Waals surface area contributed by atoms with E-state index in [0.29, 0.717) is 0 Å². The van der Waals surface area contributed by atoms with Gasteiger partial charge < -0.3 is 9.64 Å². The van der Waals surface area contributed by atoms with Gasteiger partial charge in [0.05, 0.1) is 12.8 Å². The molecule has 0 unspecified atom stereocenters. The number of hydrogen-bond acceptors (Lipinski definition) is 4. The van der Waals surface area contributed by atoms with Gasteiger partial charge in [-0.25, -0.2) is 9.37 Å². The summed E-state index contributed by atoms with van der Waals surface area (Å²) in [7, 11) is 5.31. The van der Waals surface area contributed by atoms with Gasteiger partial charge in [-0.2, -0.15) is 0 Å². The third-order valence-electron chi connectivity index (χ3n) is 2.32. The van der Waals surface area contributed by atoms with Gasteiger partial charge in [0.15, 0.2) is 16.7 Å². The molecule has 0 aliphatic heterocycles. The lowest BCUT2D eigenvalue weighted by atomic mass is 10.1. The lowest BCUT2D eigenvalue weighted by molar-refractivity contribution is 0.386. The Hall–Kier alpha value is -1.62. The first-order chi connectivity index (χ1) is 8.11. The average Bonchev–Trinajstić information content (AvgIpc) is 2.78. The van der Waals surface area contributed by atoms with E-state index in [1.165, 1.54) is 24.5 Å². The fourth-order valence-corrected chi connectivity index (χ4v) is 2.20. The zero-order chi connectivity index (χ0) is 12.4. The highest BCUT2D eigenvalue weighted by atomic mass is 32.1. The van der Waals surface area contributed by atoms with E-state index in [-0.39, 0.29) is 11.6 Å². The normalized spacial score (nSPS) is 10.4. The Morgan fingerprint density at radius 1 is 1.35 bits per heavy atom. The minimum Gasteiger partial charge on any atom is -0.494 e. The summed E-state index contributed by atoms with van der Waals surface area (Å²) < 4.78 is 18.4. The highest BCUT2D eigenvalue weighted by Crippen LogP contribution is 2.29. The third-order valence-corrected chi connectivity index (χ3v) is 3.33. The predicted molar refractivity (Wildman–Crippen MR) is 68.4 cm³/mol. The SMILES string of the molecule is COc1ccc(-c2csc(N(C)C)n2)cc1F. The van der Waals surface area contributed by atoms with Gasteiger partial charge in [0.1, 0.15) is 0 Å². The van der Waals surface area contributed by atoms with E-state index in [1.54, 1.807) is 12.1 Å². The van der Waals surface area contributed by atoms with Crippen molar-refractivity contribution in [3.8, 4) is 17.0 Å². The summed E-state index contributed by atoms with van der Waals surface area (Å²) in [5.41, 5.74) is 1.54. The molecule has 1 aromatic carbocycles. The standard InChI is InChI=1S/C12H13FN2OS/c1-15(2)12-14-10(7-17-12)8-4-5-11(16-3)9(13)6-8/h4-7H,1-3H3. The summed E-state index contributed by atoms with van der Waals surface area (Å²) in [6.45, 7) is 0. The zero-order valence-corrected chi connectivity index (χ0v) is 10.7. The molecule has 0 saturated heterocycles. The molecule has 0 atom stereocenters. The quantitative estimate of drug-likeness (QED) is 0.839. The lowest BCUT2D eigenvalue weighted by Gasteiger charge is -2.06. The molecule has 5 heteroatoms. The van der Waals surface area contributed by atoms with Crippen LogP contribution in [0, 0.1) is 5.82 Å². The van der Waals surface area contributed by atoms with Crippen LogP contribution in [0.3, 0.4) is 0 Å². The van der Waals surface area contributed by atoms with Gasteiger partial charge in [-0.15, -0.1) is 11.3 Å². The summed E-state index contributed by atoms with van der Waals surface area (Å²) in [5, 5.41) is 2.81. The van der Waals surface area contributed by atoms with Crippen LogP contribution in [0.5, 0.6) is 5.75 Å². The monoisotopic (exact) mass is 252 g/mol. The molecule has 0 aliphatic carbocycles. The van der Waals surface area contributed by atoms with E-state index in [4.69, 9.17) is 4.74 Å². The Morgan fingerprint density at radius 3 is 2.65 bits per heavy atom. The summed E-state index contributed by atoms with van der Waals surface area (Å²) in [4.78, 5) is 6.34. The molecule has 0 spiro atoms. The molecular weight excluding hydrogens is 239 g/mol. The number of rotatable bonds is 3. The van der Waals surface area contributed by atoms with E-state index < -0.39 is 0 Å².